The number of thioether (sulfide) groups is 1. The van der Waals surface area contributed by atoms with Crippen molar-refractivity contribution in [3.63, 3.8) is 0 Å². The third kappa shape index (κ3) is 2.20. The first-order valence-corrected chi connectivity index (χ1v) is 5.72. The molecule has 6 heteroatoms. The van der Waals surface area contributed by atoms with Gasteiger partial charge >= 0.3 is 5.97 Å². The number of rotatable bonds is 3. The van der Waals surface area contributed by atoms with Crippen molar-refractivity contribution >= 4 is 23.7 Å². The Balaban J connectivity index is 2.20. The van der Waals surface area contributed by atoms with Crippen LogP contribution >= 0.6 is 11.8 Å². The summed E-state index contributed by atoms with van der Waals surface area (Å²) in [4.78, 5) is 18.9. The van der Waals surface area contributed by atoms with E-state index < -0.39 is 5.97 Å². The molecule has 1 aliphatic rings. The molecule has 0 bridgehead atoms. The molecule has 0 radical (unpaired) electrons. The Hall–Kier alpha value is -1.30. The van der Waals surface area contributed by atoms with E-state index in [2.05, 4.69) is 15.3 Å². The number of nitrogens with zero attached hydrogens (tertiary/aromatic N) is 2. The number of fused-ring (bicyclic) bond motifs is 1. The fraction of sp³-hybridized carbons (Fsp3) is 0.444. The molecule has 0 aromatic carbocycles. The Kier molecular flexibility index (Phi) is 2.77. The molecule has 2 heterocycles. The van der Waals surface area contributed by atoms with Gasteiger partial charge in [-0.3, -0.25) is 4.79 Å². The quantitative estimate of drug-likeness (QED) is 0.800. The van der Waals surface area contributed by atoms with E-state index in [4.69, 9.17) is 5.11 Å². The van der Waals surface area contributed by atoms with Crippen molar-refractivity contribution in [2.45, 2.75) is 18.4 Å². The van der Waals surface area contributed by atoms with Crippen molar-refractivity contribution in [2.75, 3.05) is 11.9 Å². The zero-order chi connectivity index (χ0) is 10.8. The summed E-state index contributed by atoms with van der Waals surface area (Å²) in [6.45, 7) is 1.78. The van der Waals surface area contributed by atoms with Crippen LogP contribution in [0.15, 0.2) is 0 Å². The maximum Gasteiger partial charge on any atom is 0.322 e. The zero-order valence-corrected chi connectivity index (χ0v) is 9.10. The third-order valence-electron chi connectivity index (χ3n) is 2.18. The molecule has 5 nitrogen and oxygen atoms in total. The lowest BCUT2D eigenvalue weighted by atomic mass is 10.2. The molecule has 0 saturated heterocycles. The molecule has 0 unspecified atom stereocenters. The number of carbonyl (C=O) groups is 1. The average molecular weight is 225 g/mol. The number of carboxylic acids is 1. The van der Waals surface area contributed by atoms with Gasteiger partial charge in [-0.1, -0.05) is 0 Å². The molecule has 0 atom stereocenters. The lowest BCUT2D eigenvalue weighted by Crippen LogP contribution is -2.15. The molecule has 15 heavy (non-hydrogen) atoms. The van der Waals surface area contributed by atoms with Gasteiger partial charge in [-0.25, -0.2) is 9.97 Å². The number of anilines is 1. The minimum Gasteiger partial charge on any atom is -0.480 e. The first kappa shape index (κ1) is 10.2. The van der Waals surface area contributed by atoms with Crippen molar-refractivity contribution in [3.05, 3.63) is 17.0 Å². The summed E-state index contributed by atoms with van der Waals surface area (Å²) in [7, 11) is 0. The molecular weight excluding hydrogens is 214 g/mol. The van der Waals surface area contributed by atoms with Crippen LogP contribution in [0.25, 0.3) is 0 Å². The number of aliphatic carboxylic acids is 1. The van der Waals surface area contributed by atoms with Gasteiger partial charge in [-0.05, 0) is 6.92 Å². The van der Waals surface area contributed by atoms with Crippen molar-refractivity contribution in [1.29, 1.82) is 0 Å². The summed E-state index contributed by atoms with van der Waals surface area (Å²) >= 11 is 1.80. The zero-order valence-electron chi connectivity index (χ0n) is 8.28. The van der Waals surface area contributed by atoms with Gasteiger partial charge in [0.05, 0.1) is 5.69 Å². The number of aryl methyl sites for hydroxylation is 1. The fourth-order valence-electron chi connectivity index (χ4n) is 1.45. The number of carboxylic acid groups (broad SMARTS) is 1. The van der Waals surface area contributed by atoms with Gasteiger partial charge in [0.2, 0.25) is 5.95 Å². The Morgan fingerprint density at radius 1 is 1.53 bits per heavy atom. The maximum absolute atomic E-state index is 10.4. The number of aromatic nitrogens is 2. The van der Waals surface area contributed by atoms with Crippen LogP contribution in [0.4, 0.5) is 5.95 Å². The van der Waals surface area contributed by atoms with Gasteiger partial charge in [-0.2, -0.15) is 11.8 Å². The van der Waals surface area contributed by atoms with Crippen LogP contribution in [0, 0.1) is 6.92 Å². The first-order chi connectivity index (χ1) is 7.16. The molecule has 0 spiro atoms. The Morgan fingerprint density at radius 2 is 2.33 bits per heavy atom. The van der Waals surface area contributed by atoms with Crippen LogP contribution in [0.3, 0.4) is 0 Å². The highest BCUT2D eigenvalue weighted by atomic mass is 32.2. The average Bonchev–Trinajstić information content (AvgIpc) is 2.63. The molecule has 0 aliphatic carbocycles. The third-order valence-corrected chi connectivity index (χ3v) is 3.15. The molecule has 1 aromatic rings. The monoisotopic (exact) mass is 225 g/mol. The lowest BCUT2D eigenvalue weighted by molar-refractivity contribution is -0.134. The smallest absolute Gasteiger partial charge is 0.322 e. The molecular formula is C9H11N3O2S. The standard InChI is InChI=1S/C9H11N3O2S/c1-5-6-3-15-4-7(6)12-9(11-5)10-2-8(13)14/h2-4H2,1H3,(H,13,14)(H,10,11,12). The minimum absolute atomic E-state index is 0.147. The van der Waals surface area contributed by atoms with Gasteiger partial charge in [0.1, 0.15) is 6.54 Å². The van der Waals surface area contributed by atoms with Crippen molar-refractivity contribution in [3.8, 4) is 0 Å². The van der Waals surface area contributed by atoms with Crippen LogP contribution in [-0.4, -0.2) is 27.6 Å². The van der Waals surface area contributed by atoms with Crippen LogP contribution in [0.1, 0.15) is 17.0 Å². The SMILES string of the molecule is Cc1nc(NCC(=O)O)nc2c1CSC2. The van der Waals surface area contributed by atoms with E-state index in [0.717, 1.165) is 22.9 Å². The molecule has 2 rings (SSSR count). The largest absolute Gasteiger partial charge is 0.480 e. The summed E-state index contributed by atoms with van der Waals surface area (Å²) in [5, 5.41) is 11.2. The predicted octanol–water partition coefficient (Wildman–Crippen LogP) is 1.03. The molecule has 2 N–H and O–H groups in total. The van der Waals surface area contributed by atoms with Crippen molar-refractivity contribution in [2.24, 2.45) is 0 Å². The lowest BCUT2D eigenvalue weighted by Gasteiger charge is -2.06. The van der Waals surface area contributed by atoms with Crippen LogP contribution in [0.2, 0.25) is 0 Å². The highest BCUT2D eigenvalue weighted by Gasteiger charge is 2.17. The van der Waals surface area contributed by atoms with Gasteiger partial charge in [0.25, 0.3) is 0 Å². The van der Waals surface area contributed by atoms with Gasteiger partial charge in [0.15, 0.2) is 0 Å². The molecule has 0 amide bonds. The normalized spacial score (nSPS) is 13.7. The minimum atomic E-state index is -0.911. The Bertz CT molecular complexity index is 409. The Morgan fingerprint density at radius 3 is 3.07 bits per heavy atom. The van der Waals surface area contributed by atoms with E-state index in [1.807, 2.05) is 6.92 Å². The second kappa shape index (κ2) is 4.06. The highest BCUT2D eigenvalue weighted by molar-refractivity contribution is 7.98. The number of nitrogens with one attached hydrogen (secondary N) is 1. The molecule has 0 saturated carbocycles. The highest BCUT2D eigenvalue weighted by Crippen LogP contribution is 2.30. The van der Waals surface area contributed by atoms with Crippen LogP contribution in [-0.2, 0) is 16.3 Å². The topological polar surface area (TPSA) is 75.1 Å². The second-order valence-corrected chi connectivity index (χ2v) is 4.28. The van der Waals surface area contributed by atoms with Crippen LogP contribution < -0.4 is 5.32 Å². The van der Waals surface area contributed by atoms with Gasteiger partial charge < -0.3 is 10.4 Å². The van der Waals surface area contributed by atoms with E-state index in [0.29, 0.717) is 5.95 Å². The predicted molar refractivity (Wildman–Crippen MR) is 57.9 cm³/mol. The van der Waals surface area contributed by atoms with E-state index in [-0.39, 0.29) is 6.54 Å². The summed E-state index contributed by atoms with van der Waals surface area (Å²) in [6, 6.07) is 0. The first-order valence-electron chi connectivity index (χ1n) is 4.56. The molecule has 1 aliphatic heterocycles. The van der Waals surface area contributed by atoms with Gasteiger partial charge in [0, 0.05) is 22.8 Å². The molecule has 0 fully saturated rings. The maximum atomic E-state index is 10.4. The van der Waals surface area contributed by atoms with E-state index in [1.54, 1.807) is 11.8 Å². The second-order valence-electron chi connectivity index (χ2n) is 3.30. The number of hydrogen-bond acceptors (Lipinski definition) is 5. The summed E-state index contributed by atoms with van der Waals surface area (Å²) in [5.74, 6) is 1.35. The van der Waals surface area contributed by atoms with Crippen molar-refractivity contribution in [1.82, 2.24) is 9.97 Å². The summed E-state index contributed by atoms with van der Waals surface area (Å²) in [5.41, 5.74) is 3.17. The molecule has 1 aromatic heterocycles. The fourth-order valence-corrected chi connectivity index (χ4v) is 2.56. The van der Waals surface area contributed by atoms with E-state index >= 15 is 0 Å². The van der Waals surface area contributed by atoms with Crippen molar-refractivity contribution < 1.29 is 9.90 Å². The summed E-state index contributed by atoms with van der Waals surface area (Å²) in [6.07, 6.45) is 0. The Labute approximate surface area is 91.3 Å². The number of hydrogen-bond donors (Lipinski definition) is 2. The van der Waals surface area contributed by atoms with Crippen LogP contribution in [0.5, 0.6) is 0 Å². The van der Waals surface area contributed by atoms with E-state index in [1.165, 1.54) is 5.56 Å². The van der Waals surface area contributed by atoms with Gasteiger partial charge in [-0.15, -0.1) is 0 Å². The molecule has 80 valence electrons. The summed E-state index contributed by atoms with van der Waals surface area (Å²) < 4.78 is 0. The van der Waals surface area contributed by atoms with E-state index in [9.17, 15) is 4.79 Å².